The lowest BCUT2D eigenvalue weighted by Gasteiger charge is -1.74. The molecule has 0 heterocycles. The van der Waals surface area contributed by atoms with Crippen LogP contribution >= 0.6 is 0 Å². The maximum atomic E-state index is 10.1. The summed E-state index contributed by atoms with van der Waals surface area (Å²) in [6.45, 7) is 0. The Labute approximate surface area is 76.6 Å². The highest BCUT2D eigenvalue weighted by atomic mass is 16.5. The van der Waals surface area contributed by atoms with E-state index in [0.717, 1.165) is 12.2 Å². The topological polar surface area (TPSA) is 154 Å². The molecular formula is C4H3BN2O7. The normalized spacial score (nSPS) is 6.79. The fourth-order valence-electron chi connectivity index (χ4n) is 0.179. The molecule has 74 valence electrons. The molecule has 0 radical (unpaired) electrons. The number of isocyanates is 2. The van der Waals surface area contributed by atoms with Gasteiger partial charge >= 0.3 is 19.1 Å². The number of hydrogen-bond donors (Lipinski definition) is 3. The first kappa shape index (κ1) is 14.6. The zero-order valence-corrected chi connectivity index (χ0v) is 6.45. The lowest BCUT2D eigenvalue weighted by Crippen LogP contribution is -2.07. The van der Waals surface area contributed by atoms with Gasteiger partial charge in [-0.2, -0.15) is 0 Å². The van der Waals surface area contributed by atoms with E-state index in [0.29, 0.717) is 0 Å². The van der Waals surface area contributed by atoms with Crippen molar-refractivity contribution in [2.75, 3.05) is 0 Å². The molecule has 0 saturated carbocycles. The maximum absolute atomic E-state index is 10.1. The zero-order valence-electron chi connectivity index (χ0n) is 6.45. The van der Waals surface area contributed by atoms with E-state index in [1.54, 1.807) is 0 Å². The Morgan fingerprint density at radius 1 is 0.929 bits per heavy atom. The van der Waals surface area contributed by atoms with E-state index in [2.05, 4.69) is 9.98 Å². The van der Waals surface area contributed by atoms with Crippen molar-refractivity contribution in [2.45, 2.75) is 0 Å². The van der Waals surface area contributed by atoms with E-state index in [-0.39, 0.29) is 0 Å². The summed E-state index contributed by atoms with van der Waals surface area (Å²) in [6, 6.07) is 0. The van der Waals surface area contributed by atoms with Crippen LogP contribution in [0.1, 0.15) is 0 Å². The molecule has 0 aromatic heterocycles. The summed E-state index contributed by atoms with van der Waals surface area (Å²) >= 11 is 0. The van der Waals surface area contributed by atoms with Crippen LogP contribution < -0.4 is 0 Å². The van der Waals surface area contributed by atoms with Gasteiger partial charge in [-0.3, -0.25) is 9.59 Å². The fourth-order valence-corrected chi connectivity index (χ4v) is 0.179. The standard InChI is InChI=1S/C4N2O4.BH3O3/c7-1-5-3(9)4(10)6-2-8;2-1(3)4/h;2-4H. The summed E-state index contributed by atoms with van der Waals surface area (Å²) < 4.78 is 0. The highest BCUT2D eigenvalue weighted by Gasteiger charge is 2.09. The Hall–Kier alpha value is -1.96. The van der Waals surface area contributed by atoms with Gasteiger partial charge in [-0.1, -0.05) is 0 Å². The molecule has 0 atom stereocenters. The summed E-state index contributed by atoms with van der Waals surface area (Å²) in [5.74, 6) is -2.86. The van der Waals surface area contributed by atoms with Crippen molar-refractivity contribution in [2.24, 2.45) is 9.98 Å². The molecule has 0 fully saturated rings. The van der Waals surface area contributed by atoms with Crippen LogP contribution in [0.3, 0.4) is 0 Å². The smallest absolute Gasteiger partial charge is 0.402 e. The third kappa shape index (κ3) is 12.7. The zero-order chi connectivity index (χ0) is 11.6. The Bertz CT molecular complexity index is 270. The molecule has 0 aliphatic heterocycles. The second-order valence-corrected chi connectivity index (χ2v) is 1.36. The van der Waals surface area contributed by atoms with E-state index < -0.39 is 19.1 Å². The second kappa shape index (κ2) is 9.14. The predicted octanol–water partition coefficient (Wildman–Crippen LogP) is -3.34. The van der Waals surface area contributed by atoms with Crippen LogP contribution in [0.25, 0.3) is 0 Å². The predicted molar refractivity (Wildman–Crippen MR) is 38.7 cm³/mol. The van der Waals surface area contributed by atoms with Crippen LogP contribution in [-0.4, -0.2) is 46.4 Å². The summed E-state index contributed by atoms with van der Waals surface area (Å²) in [5, 5.41) is 21.5. The molecule has 0 aliphatic rings. The van der Waals surface area contributed by atoms with Crippen molar-refractivity contribution in [1.29, 1.82) is 0 Å². The van der Waals surface area contributed by atoms with Gasteiger partial charge in [-0.25, -0.2) is 9.59 Å². The van der Waals surface area contributed by atoms with Crippen molar-refractivity contribution in [1.82, 2.24) is 0 Å². The first-order valence-electron chi connectivity index (χ1n) is 2.74. The van der Waals surface area contributed by atoms with E-state index >= 15 is 0 Å². The molecule has 9 nitrogen and oxygen atoms in total. The minimum Gasteiger partial charge on any atom is -0.402 e. The van der Waals surface area contributed by atoms with Crippen molar-refractivity contribution < 1.29 is 34.3 Å². The molecule has 0 aromatic rings. The summed E-state index contributed by atoms with van der Waals surface area (Å²) in [6.07, 6.45) is 1.64. The number of carbonyl (C=O) groups is 2. The Morgan fingerprint density at radius 2 is 1.14 bits per heavy atom. The number of nitrogens with zero attached hydrogens (tertiary/aromatic N) is 2. The van der Waals surface area contributed by atoms with Crippen molar-refractivity contribution in [3.05, 3.63) is 0 Å². The molecule has 10 heteroatoms. The summed E-state index contributed by atoms with van der Waals surface area (Å²) in [5.41, 5.74) is 0. The van der Waals surface area contributed by atoms with Gasteiger partial charge in [0.2, 0.25) is 12.2 Å². The van der Waals surface area contributed by atoms with Crippen molar-refractivity contribution in [3.8, 4) is 0 Å². The van der Waals surface area contributed by atoms with Gasteiger partial charge in [-0.15, -0.1) is 9.98 Å². The van der Waals surface area contributed by atoms with Gasteiger partial charge in [0, 0.05) is 0 Å². The number of amides is 2. The van der Waals surface area contributed by atoms with Crippen LogP contribution in [0, 0.1) is 0 Å². The lowest BCUT2D eigenvalue weighted by atomic mass is 10.3. The molecular weight excluding hydrogens is 199 g/mol. The second-order valence-electron chi connectivity index (χ2n) is 1.36. The molecule has 2 amide bonds. The van der Waals surface area contributed by atoms with Crippen LogP contribution in [0.5, 0.6) is 0 Å². The minimum atomic E-state index is -2.17. The monoisotopic (exact) mass is 202 g/mol. The number of aliphatic imine (C=N–C) groups is 2. The van der Waals surface area contributed by atoms with E-state index in [1.807, 2.05) is 0 Å². The first-order chi connectivity index (χ1) is 6.45. The van der Waals surface area contributed by atoms with Crippen LogP contribution in [0.4, 0.5) is 0 Å². The van der Waals surface area contributed by atoms with Gasteiger partial charge in [0.1, 0.15) is 0 Å². The largest absolute Gasteiger partial charge is 0.631 e. The highest BCUT2D eigenvalue weighted by molar-refractivity contribution is 6.37. The van der Waals surface area contributed by atoms with Crippen LogP contribution in [0.15, 0.2) is 9.98 Å². The van der Waals surface area contributed by atoms with Gasteiger partial charge in [0.05, 0.1) is 0 Å². The fraction of sp³-hybridized carbons (Fsp3) is 0. The van der Waals surface area contributed by atoms with E-state index in [4.69, 9.17) is 15.1 Å². The molecule has 14 heavy (non-hydrogen) atoms. The number of rotatable bonds is 0. The molecule has 0 rings (SSSR count). The molecule has 0 aliphatic carbocycles. The highest BCUT2D eigenvalue weighted by Crippen LogP contribution is 1.76. The summed E-state index contributed by atoms with van der Waals surface area (Å²) in [7, 11) is -2.17. The molecule has 0 saturated heterocycles. The average molecular weight is 202 g/mol. The Balaban J connectivity index is 0. The van der Waals surface area contributed by atoms with Gasteiger partial charge in [0.15, 0.2) is 0 Å². The third-order valence-electron chi connectivity index (χ3n) is 0.477. The molecule has 0 spiro atoms. The maximum Gasteiger partial charge on any atom is 0.631 e. The Kier molecular flexibility index (Phi) is 9.50. The summed E-state index contributed by atoms with van der Waals surface area (Å²) in [4.78, 5) is 43.6. The van der Waals surface area contributed by atoms with Gasteiger partial charge < -0.3 is 15.1 Å². The minimum absolute atomic E-state index is 0.822. The molecule has 0 unspecified atom stereocenters. The third-order valence-corrected chi connectivity index (χ3v) is 0.477. The molecule has 0 bridgehead atoms. The average Bonchev–Trinajstić information content (AvgIpc) is 2.04. The van der Waals surface area contributed by atoms with Crippen LogP contribution in [0.2, 0.25) is 0 Å². The first-order valence-corrected chi connectivity index (χ1v) is 2.74. The van der Waals surface area contributed by atoms with E-state index in [9.17, 15) is 19.2 Å². The van der Waals surface area contributed by atoms with Gasteiger partial charge in [0.25, 0.3) is 0 Å². The number of carbonyl (C=O) groups excluding carboxylic acids is 4. The molecule has 3 N–H and O–H groups in total. The van der Waals surface area contributed by atoms with Gasteiger partial charge in [-0.05, 0) is 0 Å². The SMILES string of the molecule is O=C=NC(=O)C(=O)N=C=O.OB(O)O. The number of hydrogen-bond acceptors (Lipinski definition) is 7. The lowest BCUT2D eigenvalue weighted by molar-refractivity contribution is -0.135. The van der Waals surface area contributed by atoms with Crippen molar-refractivity contribution >= 4 is 31.3 Å². The van der Waals surface area contributed by atoms with Crippen molar-refractivity contribution in [3.63, 3.8) is 0 Å². The quantitative estimate of drug-likeness (QED) is 0.160. The molecule has 0 aromatic carbocycles. The van der Waals surface area contributed by atoms with E-state index in [1.165, 1.54) is 0 Å². The van der Waals surface area contributed by atoms with Crippen LogP contribution in [-0.2, 0) is 19.2 Å². The Morgan fingerprint density at radius 3 is 1.29 bits per heavy atom.